The molecule has 0 heterocycles. The number of aryl methyl sites for hydroxylation is 1. The van der Waals surface area contributed by atoms with Gasteiger partial charge >= 0.3 is 0 Å². The molecule has 202 valence electrons. The maximum atomic E-state index is 13.8. The molecule has 2 aromatic carbocycles. The van der Waals surface area contributed by atoms with Crippen LogP contribution in [0.1, 0.15) is 50.2 Å². The Bertz CT molecular complexity index is 1250. The van der Waals surface area contributed by atoms with Gasteiger partial charge in [-0.15, -0.1) is 0 Å². The van der Waals surface area contributed by atoms with Gasteiger partial charge in [0.2, 0.25) is 21.8 Å². The molecule has 0 aliphatic heterocycles. The lowest BCUT2D eigenvalue weighted by atomic mass is 10.1. The number of amides is 2. The van der Waals surface area contributed by atoms with E-state index in [0.717, 1.165) is 36.2 Å². The first-order valence-corrected chi connectivity index (χ1v) is 15.2. The minimum atomic E-state index is -3.84. The lowest BCUT2D eigenvalue weighted by Gasteiger charge is -2.34. The van der Waals surface area contributed by atoms with E-state index in [0.29, 0.717) is 38.3 Å². The van der Waals surface area contributed by atoms with Crippen LogP contribution in [-0.2, 0) is 26.2 Å². The van der Waals surface area contributed by atoms with E-state index in [-0.39, 0.29) is 18.5 Å². The Balaban J connectivity index is 1.97. The third-order valence-electron chi connectivity index (χ3n) is 6.55. The summed E-state index contributed by atoms with van der Waals surface area (Å²) in [6.45, 7) is 3.07. The normalized spacial score (nSPS) is 14.9. The summed E-state index contributed by atoms with van der Waals surface area (Å²) in [6.07, 6.45) is 5.28. The molecule has 11 heteroatoms. The zero-order valence-electron chi connectivity index (χ0n) is 21.1. The highest BCUT2D eigenvalue weighted by Crippen LogP contribution is 2.28. The maximum absolute atomic E-state index is 13.8. The van der Waals surface area contributed by atoms with Crippen molar-refractivity contribution < 1.29 is 18.0 Å². The standard InChI is InChI=1S/C26H32Cl3N3O4S/c1-4-23(26(34)30-21-7-5-6-8-21)31(15-18-9-10-20(28)14-22(18)29)25(33)16-32(37(3,35)36)24-12-11-19(27)13-17(24)2/h9-14,21,23H,4-8,15-16H2,1-3H3,(H,30,34)/t23-/m1/s1. The Hall–Kier alpha value is -2.00. The molecule has 0 spiro atoms. The molecule has 7 nitrogen and oxygen atoms in total. The number of carbonyl (C=O) groups excluding carboxylic acids is 2. The number of nitrogens with zero attached hydrogens (tertiary/aromatic N) is 2. The van der Waals surface area contributed by atoms with Gasteiger partial charge in [-0.25, -0.2) is 8.42 Å². The van der Waals surface area contributed by atoms with Gasteiger partial charge < -0.3 is 10.2 Å². The predicted octanol–water partition coefficient (Wildman–Crippen LogP) is 5.59. The number of hydrogen-bond acceptors (Lipinski definition) is 4. The summed E-state index contributed by atoms with van der Waals surface area (Å²) >= 11 is 18.5. The van der Waals surface area contributed by atoms with Crippen LogP contribution in [0.4, 0.5) is 5.69 Å². The smallest absolute Gasteiger partial charge is 0.244 e. The van der Waals surface area contributed by atoms with Crippen molar-refractivity contribution in [1.29, 1.82) is 0 Å². The number of hydrogen-bond donors (Lipinski definition) is 1. The summed E-state index contributed by atoms with van der Waals surface area (Å²) in [5, 5.41) is 4.32. The van der Waals surface area contributed by atoms with E-state index in [9.17, 15) is 18.0 Å². The van der Waals surface area contributed by atoms with Crippen LogP contribution in [0.15, 0.2) is 36.4 Å². The van der Waals surface area contributed by atoms with Crippen LogP contribution in [0.3, 0.4) is 0 Å². The fourth-order valence-corrected chi connectivity index (χ4v) is 6.22. The van der Waals surface area contributed by atoms with Crippen molar-refractivity contribution in [2.45, 2.75) is 64.6 Å². The quantitative estimate of drug-likeness (QED) is 0.392. The Labute approximate surface area is 234 Å². The van der Waals surface area contributed by atoms with Crippen LogP contribution in [0.2, 0.25) is 15.1 Å². The van der Waals surface area contributed by atoms with Crippen LogP contribution >= 0.6 is 34.8 Å². The van der Waals surface area contributed by atoms with E-state index in [4.69, 9.17) is 34.8 Å². The van der Waals surface area contributed by atoms with E-state index in [1.54, 1.807) is 43.3 Å². The minimum Gasteiger partial charge on any atom is -0.352 e. The van der Waals surface area contributed by atoms with E-state index in [2.05, 4.69) is 5.32 Å². The van der Waals surface area contributed by atoms with Gasteiger partial charge in [0.25, 0.3) is 0 Å². The molecule has 1 aliphatic carbocycles. The molecule has 1 fully saturated rings. The molecule has 3 rings (SSSR count). The van der Waals surface area contributed by atoms with Crippen molar-refractivity contribution in [2.75, 3.05) is 17.1 Å². The first-order valence-electron chi connectivity index (χ1n) is 12.2. The molecule has 1 atom stereocenters. The third kappa shape index (κ3) is 7.76. The molecule has 1 saturated carbocycles. The third-order valence-corrected chi connectivity index (χ3v) is 8.50. The molecule has 0 saturated heterocycles. The fourth-order valence-electron chi connectivity index (χ4n) is 4.61. The van der Waals surface area contributed by atoms with Crippen LogP contribution in [0, 0.1) is 6.92 Å². The lowest BCUT2D eigenvalue weighted by Crippen LogP contribution is -2.53. The molecular weight excluding hydrogens is 557 g/mol. The second-order valence-electron chi connectivity index (χ2n) is 9.37. The van der Waals surface area contributed by atoms with E-state index < -0.39 is 28.5 Å². The van der Waals surface area contributed by atoms with Crippen LogP contribution in [-0.4, -0.2) is 50.0 Å². The number of anilines is 1. The van der Waals surface area contributed by atoms with Crippen molar-refractivity contribution >= 4 is 62.3 Å². The number of benzene rings is 2. The summed E-state index contributed by atoms with van der Waals surface area (Å²) in [4.78, 5) is 28.6. The summed E-state index contributed by atoms with van der Waals surface area (Å²) in [7, 11) is -3.84. The first-order chi connectivity index (χ1) is 17.4. The summed E-state index contributed by atoms with van der Waals surface area (Å²) in [5.74, 6) is -0.791. The van der Waals surface area contributed by atoms with Gasteiger partial charge in [0.15, 0.2) is 0 Å². The average Bonchev–Trinajstić information content (AvgIpc) is 3.31. The molecule has 0 unspecified atom stereocenters. The monoisotopic (exact) mass is 587 g/mol. The molecule has 2 aromatic rings. The Kier molecular flexibility index (Phi) is 10.1. The second kappa shape index (κ2) is 12.7. The average molecular weight is 589 g/mol. The van der Waals surface area contributed by atoms with E-state index >= 15 is 0 Å². The highest BCUT2D eigenvalue weighted by Gasteiger charge is 2.33. The van der Waals surface area contributed by atoms with Gasteiger partial charge in [-0.1, -0.05) is 60.6 Å². The molecule has 1 aliphatic rings. The first kappa shape index (κ1) is 29.6. The number of nitrogens with one attached hydrogen (secondary N) is 1. The Morgan fingerprint density at radius 2 is 1.68 bits per heavy atom. The largest absolute Gasteiger partial charge is 0.352 e. The van der Waals surface area contributed by atoms with Crippen molar-refractivity contribution in [3.05, 3.63) is 62.6 Å². The zero-order valence-corrected chi connectivity index (χ0v) is 24.2. The molecule has 1 N–H and O–H groups in total. The topological polar surface area (TPSA) is 86.8 Å². The van der Waals surface area contributed by atoms with E-state index in [1.807, 2.05) is 6.92 Å². The molecule has 0 bridgehead atoms. The van der Waals surface area contributed by atoms with Crippen molar-refractivity contribution in [3.63, 3.8) is 0 Å². The summed E-state index contributed by atoms with van der Waals surface area (Å²) in [6, 6.07) is 8.96. The van der Waals surface area contributed by atoms with Gasteiger partial charge in [-0.2, -0.15) is 0 Å². The molecule has 37 heavy (non-hydrogen) atoms. The number of sulfonamides is 1. The predicted molar refractivity (Wildman–Crippen MR) is 150 cm³/mol. The molecule has 2 amide bonds. The lowest BCUT2D eigenvalue weighted by molar-refractivity contribution is -0.140. The number of carbonyl (C=O) groups is 2. The molecule has 0 radical (unpaired) electrons. The summed E-state index contributed by atoms with van der Waals surface area (Å²) in [5.41, 5.74) is 1.54. The van der Waals surface area contributed by atoms with Gasteiger partial charge in [0, 0.05) is 27.7 Å². The van der Waals surface area contributed by atoms with Crippen molar-refractivity contribution in [3.8, 4) is 0 Å². The van der Waals surface area contributed by atoms with Crippen LogP contribution in [0.5, 0.6) is 0 Å². The zero-order chi connectivity index (χ0) is 27.3. The van der Waals surface area contributed by atoms with Crippen LogP contribution in [0.25, 0.3) is 0 Å². The summed E-state index contributed by atoms with van der Waals surface area (Å²) < 4.78 is 26.6. The second-order valence-corrected chi connectivity index (χ2v) is 12.6. The number of rotatable bonds is 10. The van der Waals surface area contributed by atoms with E-state index in [1.165, 1.54) is 4.90 Å². The van der Waals surface area contributed by atoms with Gasteiger partial charge in [0.05, 0.1) is 11.9 Å². The van der Waals surface area contributed by atoms with Crippen molar-refractivity contribution in [1.82, 2.24) is 10.2 Å². The Morgan fingerprint density at radius 1 is 1.05 bits per heavy atom. The molecule has 0 aromatic heterocycles. The number of halogens is 3. The maximum Gasteiger partial charge on any atom is 0.244 e. The highest BCUT2D eigenvalue weighted by atomic mass is 35.5. The Morgan fingerprint density at radius 3 is 2.24 bits per heavy atom. The molecular formula is C26H32Cl3N3O4S. The minimum absolute atomic E-state index is 0.0165. The highest BCUT2D eigenvalue weighted by molar-refractivity contribution is 7.92. The SMILES string of the molecule is CC[C@H](C(=O)NC1CCCC1)N(Cc1ccc(Cl)cc1Cl)C(=O)CN(c1ccc(Cl)cc1C)S(C)(=O)=O. The van der Waals surface area contributed by atoms with Crippen molar-refractivity contribution in [2.24, 2.45) is 0 Å². The van der Waals surface area contributed by atoms with Gasteiger partial charge in [-0.05, 0) is 67.6 Å². The van der Waals surface area contributed by atoms with Gasteiger partial charge in [0.1, 0.15) is 12.6 Å². The fraction of sp³-hybridized carbons (Fsp3) is 0.462. The van der Waals surface area contributed by atoms with Crippen LogP contribution < -0.4 is 9.62 Å². The van der Waals surface area contributed by atoms with Gasteiger partial charge in [-0.3, -0.25) is 13.9 Å².